The van der Waals surface area contributed by atoms with Crippen molar-refractivity contribution in [3.05, 3.63) is 61.1 Å². The van der Waals surface area contributed by atoms with Crippen molar-refractivity contribution in [2.24, 2.45) is 0 Å². The van der Waals surface area contributed by atoms with Crippen molar-refractivity contribution in [3.8, 4) is 5.82 Å². The number of hydrogen-bond donors (Lipinski definition) is 2. The highest BCUT2D eigenvalue weighted by Gasteiger charge is 2.12. The normalized spacial score (nSPS) is 11.7. The van der Waals surface area contributed by atoms with Gasteiger partial charge in [-0.1, -0.05) is 0 Å². The van der Waals surface area contributed by atoms with Crippen molar-refractivity contribution in [1.29, 1.82) is 0 Å². The van der Waals surface area contributed by atoms with E-state index in [-0.39, 0.29) is 12.1 Å². The summed E-state index contributed by atoms with van der Waals surface area (Å²) in [5.41, 5.74) is 1.51. The number of hydrogen-bond acceptors (Lipinski definition) is 5. The average molecular weight is 309 g/mol. The largest absolute Gasteiger partial charge is 0.331 e. The highest BCUT2D eigenvalue weighted by molar-refractivity contribution is 5.91. The van der Waals surface area contributed by atoms with Crippen molar-refractivity contribution < 1.29 is 4.79 Å². The van der Waals surface area contributed by atoms with E-state index in [4.69, 9.17) is 0 Å². The molecule has 23 heavy (non-hydrogen) atoms. The summed E-state index contributed by atoms with van der Waals surface area (Å²) in [6.45, 7) is 1.90. The third-order valence-corrected chi connectivity index (χ3v) is 3.22. The molecule has 3 aromatic rings. The molecule has 0 bridgehead atoms. The number of pyridine rings is 2. The fraction of sp³-hybridized carbons (Fsp3) is 0.133. The first kappa shape index (κ1) is 14.6. The third kappa shape index (κ3) is 3.49. The van der Waals surface area contributed by atoms with E-state index < -0.39 is 0 Å². The number of nitrogens with one attached hydrogen (secondary N) is 2. The van der Waals surface area contributed by atoms with Crippen LogP contribution in [0.1, 0.15) is 18.5 Å². The van der Waals surface area contributed by atoms with Gasteiger partial charge in [-0.25, -0.2) is 19.4 Å². The van der Waals surface area contributed by atoms with Crippen LogP contribution in [0.3, 0.4) is 0 Å². The lowest BCUT2D eigenvalue weighted by Gasteiger charge is -2.15. The molecule has 0 fully saturated rings. The van der Waals surface area contributed by atoms with Crippen molar-refractivity contribution in [1.82, 2.24) is 30.0 Å². The number of rotatable bonds is 4. The SMILES string of the molecule is CC(NC(=O)Nc1cccnc1-n1cncn1)c1ccncc1. The molecule has 0 spiro atoms. The Morgan fingerprint density at radius 1 is 1.17 bits per heavy atom. The van der Waals surface area contributed by atoms with E-state index in [2.05, 4.69) is 30.7 Å². The van der Waals surface area contributed by atoms with Crippen LogP contribution in [0.25, 0.3) is 5.82 Å². The molecule has 0 saturated heterocycles. The van der Waals surface area contributed by atoms with E-state index in [0.717, 1.165) is 5.56 Å². The van der Waals surface area contributed by atoms with Crippen LogP contribution in [0.2, 0.25) is 0 Å². The Kier molecular flexibility index (Phi) is 4.23. The number of urea groups is 1. The number of amides is 2. The highest BCUT2D eigenvalue weighted by Crippen LogP contribution is 2.16. The van der Waals surface area contributed by atoms with Crippen LogP contribution in [0.4, 0.5) is 10.5 Å². The van der Waals surface area contributed by atoms with Crippen molar-refractivity contribution in [2.45, 2.75) is 13.0 Å². The molecule has 3 aromatic heterocycles. The van der Waals surface area contributed by atoms with Crippen LogP contribution >= 0.6 is 0 Å². The molecule has 0 aliphatic heterocycles. The number of carbonyl (C=O) groups excluding carboxylic acids is 1. The smallest absolute Gasteiger partial charge is 0.319 e. The number of nitrogens with zero attached hydrogens (tertiary/aromatic N) is 5. The standard InChI is InChI=1S/C15H15N7O/c1-11(12-4-7-16-8-5-12)20-15(23)21-13-3-2-6-18-14(13)22-10-17-9-19-22/h2-11H,1H3,(H2,20,21,23). The molecule has 2 amide bonds. The zero-order valence-electron chi connectivity index (χ0n) is 12.4. The molecule has 0 radical (unpaired) electrons. The first-order valence-electron chi connectivity index (χ1n) is 7.01. The first-order chi connectivity index (χ1) is 11.2. The molecule has 3 rings (SSSR count). The number of carbonyl (C=O) groups is 1. The van der Waals surface area contributed by atoms with E-state index >= 15 is 0 Å². The second-order valence-corrected chi connectivity index (χ2v) is 4.82. The zero-order valence-corrected chi connectivity index (χ0v) is 12.4. The molecule has 8 nitrogen and oxygen atoms in total. The predicted octanol–water partition coefficient (Wildman–Crippen LogP) is 1.94. The fourth-order valence-corrected chi connectivity index (χ4v) is 2.09. The number of aromatic nitrogens is 5. The van der Waals surface area contributed by atoms with Gasteiger partial charge in [0, 0.05) is 18.6 Å². The maximum Gasteiger partial charge on any atom is 0.319 e. The van der Waals surface area contributed by atoms with Gasteiger partial charge >= 0.3 is 6.03 Å². The maximum atomic E-state index is 12.2. The summed E-state index contributed by atoms with van der Waals surface area (Å²) in [5.74, 6) is 0.497. The van der Waals surface area contributed by atoms with Gasteiger partial charge in [0.05, 0.1) is 11.7 Å². The minimum atomic E-state index is -0.330. The summed E-state index contributed by atoms with van der Waals surface area (Å²) in [6, 6.07) is 6.72. The molecule has 3 heterocycles. The van der Waals surface area contributed by atoms with Gasteiger partial charge < -0.3 is 10.6 Å². The lowest BCUT2D eigenvalue weighted by atomic mass is 10.1. The van der Waals surface area contributed by atoms with Gasteiger partial charge in [-0.15, -0.1) is 0 Å². The van der Waals surface area contributed by atoms with Crippen LogP contribution in [0, 0.1) is 0 Å². The van der Waals surface area contributed by atoms with Gasteiger partial charge in [0.15, 0.2) is 5.82 Å². The Bertz CT molecular complexity index is 774. The van der Waals surface area contributed by atoms with Gasteiger partial charge in [-0.05, 0) is 36.8 Å². The molecular weight excluding hydrogens is 294 g/mol. The molecule has 0 aliphatic carbocycles. The summed E-state index contributed by atoms with van der Waals surface area (Å²) in [5, 5.41) is 9.68. The van der Waals surface area contributed by atoms with Crippen molar-refractivity contribution >= 4 is 11.7 Å². The second-order valence-electron chi connectivity index (χ2n) is 4.82. The predicted molar refractivity (Wildman–Crippen MR) is 84.0 cm³/mol. The minimum Gasteiger partial charge on any atom is -0.331 e. The van der Waals surface area contributed by atoms with Crippen LogP contribution in [0.5, 0.6) is 0 Å². The Balaban J connectivity index is 1.72. The summed E-state index contributed by atoms with van der Waals surface area (Å²) >= 11 is 0. The monoisotopic (exact) mass is 309 g/mol. The summed E-state index contributed by atoms with van der Waals surface area (Å²) in [7, 11) is 0. The Labute approximate surface area is 132 Å². The van der Waals surface area contributed by atoms with Gasteiger partial charge in [-0.3, -0.25) is 4.98 Å². The van der Waals surface area contributed by atoms with E-state index in [0.29, 0.717) is 11.5 Å². The van der Waals surface area contributed by atoms with E-state index in [1.165, 1.54) is 17.3 Å². The molecule has 1 atom stereocenters. The molecule has 0 aromatic carbocycles. The van der Waals surface area contributed by atoms with E-state index in [9.17, 15) is 4.79 Å². The molecule has 1 unspecified atom stereocenters. The third-order valence-electron chi connectivity index (χ3n) is 3.22. The van der Waals surface area contributed by atoms with Gasteiger partial charge in [0.25, 0.3) is 0 Å². The molecule has 2 N–H and O–H groups in total. The molecule has 0 saturated carbocycles. The molecular formula is C15H15N7O. The van der Waals surface area contributed by atoms with Crippen molar-refractivity contribution in [2.75, 3.05) is 5.32 Å². The summed E-state index contributed by atoms with van der Waals surface area (Å²) in [4.78, 5) is 24.3. The fourth-order valence-electron chi connectivity index (χ4n) is 2.09. The van der Waals surface area contributed by atoms with E-state index in [1.807, 2.05) is 19.1 Å². The molecule has 8 heteroatoms. The van der Waals surface area contributed by atoms with Gasteiger partial charge in [0.2, 0.25) is 0 Å². The summed E-state index contributed by atoms with van der Waals surface area (Å²) < 4.78 is 1.49. The quantitative estimate of drug-likeness (QED) is 0.767. The zero-order chi connectivity index (χ0) is 16.1. The Hall–Kier alpha value is -3.29. The summed E-state index contributed by atoms with van der Waals surface area (Å²) in [6.07, 6.45) is 7.93. The van der Waals surface area contributed by atoms with Crippen LogP contribution in [-0.2, 0) is 0 Å². The topological polar surface area (TPSA) is 97.6 Å². The molecule has 0 aliphatic rings. The Morgan fingerprint density at radius 3 is 2.74 bits per heavy atom. The lowest BCUT2D eigenvalue weighted by Crippen LogP contribution is -2.31. The average Bonchev–Trinajstić information content (AvgIpc) is 3.10. The van der Waals surface area contributed by atoms with Gasteiger partial charge in [-0.2, -0.15) is 5.10 Å². The van der Waals surface area contributed by atoms with E-state index in [1.54, 1.807) is 30.7 Å². The van der Waals surface area contributed by atoms with Gasteiger partial charge in [0.1, 0.15) is 12.7 Å². The minimum absolute atomic E-state index is 0.149. The van der Waals surface area contributed by atoms with Crippen molar-refractivity contribution in [3.63, 3.8) is 0 Å². The molecule has 116 valence electrons. The first-order valence-corrected chi connectivity index (χ1v) is 7.01. The van der Waals surface area contributed by atoms with Crippen LogP contribution in [-0.4, -0.2) is 30.8 Å². The Morgan fingerprint density at radius 2 is 2.00 bits per heavy atom. The van der Waals surface area contributed by atoms with Crippen LogP contribution in [0.15, 0.2) is 55.5 Å². The second kappa shape index (κ2) is 6.65. The van der Waals surface area contributed by atoms with Crippen LogP contribution < -0.4 is 10.6 Å². The highest BCUT2D eigenvalue weighted by atomic mass is 16.2. The number of anilines is 1. The maximum absolute atomic E-state index is 12.2. The lowest BCUT2D eigenvalue weighted by molar-refractivity contribution is 0.249.